The van der Waals surface area contributed by atoms with Crippen LogP contribution in [-0.4, -0.2) is 92.7 Å². The number of halogens is 1. The Morgan fingerprint density at radius 3 is 2.28 bits per heavy atom. The molecule has 13 nitrogen and oxygen atoms in total. The fraction of sp³-hybridized carbons (Fsp3) is 0.364. The summed E-state index contributed by atoms with van der Waals surface area (Å²) in [6.07, 6.45) is -1.14. The van der Waals surface area contributed by atoms with Gasteiger partial charge in [-0.3, -0.25) is 14.6 Å². The minimum absolute atomic E-state index is 0.0190. The van der Waals surface area contributed by atoms with Crippen LogP contribution in [0.5, 0.6) is 17.2 Å². The van der Waals surface area contributed by atoms with E-state index in [2.05, 4.69) is 10.6 Å². The van der Waals surface area contributed by atoms with Crippen molar-refractivity contribution >= 4 is 34.8 Å². The topological polar surface area (TPSA) is 194 Å². The Hall–Kier alpha value is -4.40. The molecule has 14 heteroatoms. The number of rotatable bonds is 15. The largest absolute Gasteiger partial charge is 0.504 e. The van der Waals surface area contributed by atoms with Crippen molar-refractivity contribution in [2.45, 2.75) is 31.7 Å². The van der Waals surface area contributed by atoms with Crippen LogP contribution in [0.2, 0.25) is 5.02 Å². The monoisotopic (exact) mass is 668 g/mol. The number of fused-ring (bicyclic) bond motifs is 1. The second-order valence-corrected chi connectivity index (χ2v) is 11.2. The molecule has 0 radical (unpaired) electrons. The highest BCUT2D eigenvalue weighted by molar-refractivity contribution is 6.30. The normalized spacial score (nSPS) is 16.4. The maximum Gasteiger partial charge on any atom is 0.251 e. The number of hydrogen-bond donors (Lipinski definition) is 6. The Kier molecular flexibility index (Phi) is 12.8. The molecule has 4 rings (SSSR count). The number of carbonyl (C=O) groups is 2. The van der Waals surface area contributed by atoms with Crippen molar-refractivity contribution in [3.63, 3.8) is 0 Å². The second-order valence-electron chi connectivity index (χ2n) is 10.8. The molecule has 3 aromatic rings. The highest BCUT2D eigenvalue weighted by Gasteiger charge is 2.34. The van der Waals surface area contributed by atoms with E-state index in [9.17, 15) is 19.8 Å². The van der Waals surface area contributed by atoms with Crippen LogP contribution < -0.4 is 31.7 Å². The van der Waals surface area contributed by atoms with Crippen molar-refractivity contribution in [3.8, 4) is 17.2 Å². The average molecular weight is 669 g/mol. The van der Waals surface area contributed by atoms with Crippen LogP contribution in [0.1, 0.15) is 34.8 Å². The average Bonchev–Trinajstić information content (AvgIpc) is 3.17. The number of aliphatic imine (C=N–C) groups is 1. The van der Waals surface area contributed by atoms with Crippen molar-refractivity contribution in [2.75, 3.05) is 51.5 Å². The maximum atomic E-state index is 13.0. The third-order valence-electron chi connectivity index (χ3n) is 7.41. The van der Waals surface area contributed by atoms with Crippen LogP contribution in [0.4, 0.5) is 5.69 Å². The molecule has 0 aromatic heterocycles. The number of carbonyl (C=O) groups excluding carboxylic acids is 2. The third-order valence-corrected chi connectivity index (χ3v) is 7.66. The Bertz CT molecular complexity index is 1550. The van der Waals surface area contributed by atoms with Gasteiger partial charge in [-0.25, -0.2) is 0 Å². The van der Waals surface area contributed by atoms with Crippen LogP contribution in [0.3, 0.4) is 0 Å². The smallest absolute Gasteiger partial charge is 0.251 e. The maximum absolute atomic E-state index is 13.0. The molecule has 2 amide bonds. The van der Waals surface area contributed by atoms with Crippen molar-refractivity contribution in [3.05, 3.63) is 82.4 Å². The van der Waals surface area contributed by atoms with E-state index in [4.69, 9.17) is 42.3 Å². The lowest BCUT2D eigenvalue weighted by Gasteiger charge is -2.36. The second kappa shape index (κ2) is 17.0. The van der Waals surface area contributed by atoms with Crippen LogP contribution in [-0.2, 0) is 14.3 Å². The molecule has 0 spiro atoms. The number of benzene rings is 3. The number of phenolic OH excluding ortho intramolecular Hbond substituents is 2. The zero-order valence-electron chi connectivity index (χ0n) is 26.3. The molecule has 252 valence electrons. The summed E-state index contributed by atoms with van der Waals surface area (Å²) in [5.41, 5.74) is 16.4. The van der Waals surface area contributed by atoms with Crippen LogP contribution in [0.15, 0.2) is 65.7 Å². The van der Waals surface area contributed by atoms with Crippen molar-refractivity contribution < 1.29 is 34.0 Å². The summed E-state index contributed by atoms with van der Waals surface area (Å²) >= 11 is 6.16. The molecule has 3 aromatic carbocycles. The van der Waals surface area contributed by atoms with Gasteiger partial charge < -0.3 is 51.4 Å². The molecule has 47 heavy (non-hydrogen) atoms. The molecule has 1 aliphatic rings. The van der Waals surface area contributed by atoms with E-state index in [1.54, 1.807) is 19.2 Å². The Labute approximate surface area is 278 Å². The number of amides is 2. The molecule has 0 bridgehead atoms. The molecule has 2 unspecified atom stereocenters. The van der Waals surface area contributed by atoms with E-state index >= 15 is 0 Å². The number of hydrogen-bond acceptors (Lipinski definition) is 11. The molecule has 0 fully saturated rings. The lowest BCUT2D eigenvalue weighted by Crippen LogP contribution is -2.56. The van der Waals surface area contributed by atoms with Gasteiger partial charge in [0, 0.05) is 40.5 Å². The summed E-state index contributed by atoms with van der Waals surface area (Å²) in [6.45, 7) is 3.47. The number of nitrogens with one attached hydrogen (secondary N) is 2. The lowest BCUT2D eigenvalue weighted by molar-refractivity contribution is -0.121. The van der Waals surface area contributed by atoms with Crippen molar-refractivity contribution in [1.82, 2.24) is 10.6 Å². The quantitative estimate of drug-likeness (QED) is 0.103. The summed E-state index contributed by atoms with van der Waals surface area (Å²) in [5.74, 6) is -0.664. The third kappa shape index (κ3) is 9.56. The minimum Gasteiger partial charge on any atom is -0.504 e. The molecule has 1 aliphatic heterocycles. The van der Waals surface area contributed by atoms with E-state index in [1.807, 2.05) is 42.2 Å². The molecule has 0 saturated heterocycles. The zero-order valence-corrected chi connectivity index (χ0v) is 27.1. The van der Waals surface area contributed by atoms with Crippen molar-refractivity contribution in [2.24, 2.45) is 16.5 Å². The van der Waals surface area contributed by atoms with Gasteiger partial charge in [-0.15, -0.1) is 0 Å². The van der Waals surface area contributed by atoms with Gasteiger partial charge in [0.15, 0.2) is 11.5 Å². The number of ether oxygens (including phenoxy) is 3. The number of phenols is 2. The fourth-order valence-corrected chi connectivity index (χ4v) is 5.19. The minimum atomic E-state index is -0.691. The Balaban J connectivity index is 1.26. The first kappa shape index (κ1) is 35.5. The highest BCUT2D eigenvalue weighted by Crippen LogP contribution is 2.34. The first-order chi connectivity index (χ1) is 22.6. The first-order valence-corrected chi connectivity index (χ1v) is 15.5. The Morgan fingerprint density at radius 1 is 0.957 bits per heavy atom. The van der Waals surface area contributed by atoms with Gasteiger partial charge in [0.05, 0.1) is 57.9 Å². The van der Waals surface area contributed by atoms with Gasteiger partial charge in [0.2, 0.25) is 5.91 Å². The van der Waals surface area contributed by atoms with Crippen LogP contribution >= 0.6 is 11.6 Å². The van der Waals surface area contributed by atoms with Gasteiger partial charge >= 0.3 is 0 Å². The summed E-state index contributed by atoms with van der Waals surface area (Å²) in [5, 5.41) is 25.0. The number of aromatic hydroxyl groups is 2. The number of benzodiazepines with no additional fused rings is 1. The number of nitrogens with zero attached hydrogens (tertiary/aromatic N) is 2. The number of nitrogens with two attached hydrogens (primary N) is 2. The SMILES string of the molecule is COc1ccc2c(c1)C(c1ccc(Cl)cc1)=N[C@@H](CC(=O)NCCOCCOCCNC(=O)c1ccc(O)c(O)c1)C(N)N2C(C)N. The summed E-state index contributed by atoms with van der Waals surface area (Å²) < 4.78 is 16.5. The lowest BCUT2D eigenvalue weighted by atomic mass is 9.99. The standard InChI is InChI=1S/C33H41ClN6O7/c1-20(35)40-27-9-8-24(45-2)18-25(27)31(21-3-6-23(34)7-4-21)39-26(32(40)36)19-30(43)37-11-13-46-15-16-47-14-12-38-33(44)22-5-10-28(41)29(42)17-22/h3-10,17-18,20,26,32,41-42H,11-16,19,35-36H2,1-2H3,(H,37,43)(H,38,44)/t20?,26-,32?/m0/s1. The van der Waals surface area contributed by atoms with Gasteiger partial charge in [0.25, 0.3) is 5.91 Å². The van der Waals surface area contributed by atoms with E-state index in [0.717, 1.165) is 16.8 Å². The van der Waals surface area contributed by atoms with Gasteiger partial charge in [-0.2, -0.15) is 0 Å². The highest BCUT2D eigenvalue weighted by atomic mass is 35.5. The van der Waals surface area contributed by atoms with E-state index < -0.39 is 24.3 Å². The molecule has 8 N–H and O–H groups in total. The van der Waals surface area contributed by atoms with Crippen molar-refractivity contribution in [1.29, 1.82) is 0 Å². The molecular formula is C33H41ClN6O7. The summed E-state index contributed by atoms with van der Waals surface area (Å²) in [6, 6.07) is 16.1. The Morgan fingerprint density at radius 2 is 1.64 bits per heavy atom. The van der Waals surface area contributed by atoms with E-state index in [-0.39, 0.29) is 55.7 Å². The van der Waals surface area contributed by atoms with Gasteiger partial charge in [0.1, 0.15) is 11.9 Å². The molecule has 1 heterocycles. The number of methoxy groups -OCH3 is 1. The summed E-state index contributed by atoms with van der Waals surface area (Å²) in [7, 11) is 1.59. The fourth-order valence-electron chi connectivity index (χ4n) is 5.06. The van der Waals surface area contributed by atoms with Crippen LogP contribution in [0.25, 0.3) is 0 Å². The molecular weight excluding hydrogens is 628 g/mol. The predicted octanol–water partition coefficient (Wildman–Crippen LogP) is 2.34. The van der Waals surface area contributed by atoms with E-state index in [0.29, 0.717) is 29.7 Å². The predicted molar refractivity (Wildman–Crippen MR) is 179 cm³/mol. The van der Waals surface area contributed by atoms with E-state index in [1.165, 1.54) is 18.2 Å². The van der Waals surface area contributed by atoms with Gasteiger partial charge in [-0.1, -0.05) is 23.7 Å². The molecule has 0 saturated carbocycles. The number of anilines is 1. The molecule has 0 aliphatic carbocycles. The molecule has 3 atom stereocenters. The zero-order chi connectivity index (χ0) is 33.9. The first-order valence-electron chi connectivity index (χ1n) is 15.1. The summed E-state index contributed by atoms with van der Waals surface area (Å²) in [4.78, 5) is 32.0. The van der Waals surface area contributed by atoms with Crippen LogP contribution in [0, 0.1) is 0 Å². The van der Waals surface area contributed by atoms with Gasteiger partial charge in [-0.05, 0) is 55.5 Å².